The zero-order valence-corrected chi connectivity index (χ0v) is 12.1. The average Bonchev–Trinajstić information content (AvgIpc) is 2.47. The van der Waals surface area contributed by atoms with Crippen LogP contribution >= 0.6 is 0 Å². The molecule has 1 aromatic carbocycles. The van der Waals surface area contributed by atoms with Crippen molar-refractivity contribution >= 4 is 5.97 Å². The molecule has 3 nitrogen and oxygen atoms in total. The standard InChI is InChI=1S/C16H22FNO2/c1-3-12(2)18-10-8-16(9-11-18,15(19)20)13-4-6-14(17)7-5-13/h4-7,12H,3,8-11H2,1-2H3,(H,19,20). The molecule has 0 amide bonds. The molecule has 1 heterocycles. The first-order chi connectivity index (χ1) is 9.49. The monoisotopic (exact) mass is 279 g/mol. The molecule has 1 fully saturated rings. The second-order valence-electron chi connectivity index (χ2n) is 5.69. The number of halogens is 1. The Kier molecular flexibility index (Phi) is 4.43. The normalized spacial score (nSPS) is 20.6. The molecule has 110 valence electrons. The third-order valence-corrected chi connectivity index (χ3v) is 4.67. The van der Waals surface area contributed by atoms with Gasteiger partial charge in [0.05, 0.1) is 5.41 Å². The molecule has 20 heavy (non-hydrogen) atoms. The van der Waals surface area contributed by atoms with Gasteiger partial charge >= 0.3 is 5.97 Å². The summed E-state index contributed by atoms with van der Waals surface area (Å²) in [5, 5.41) is 9.68. The van der Waals surface area contributed by atoms with Gasteiger partial charge in [0.2, 0.25) is 0 Å². The Balaban J connectivity index is 2.21. The average molecular weight is 279 g/mol. The summed E-state index contributed by atoms with van der Waals surface area (Å²) in [6, 6.07) is 6.40. The Bertz CT molecular complexity index is 464. The topological polar surface area (TPSA) is 40.5 Å². The Hall–Kier alpha value is -1.42. The van der Waals surface area contributed by atoms with E-state index in [-0.39, 0.29) is 5.82 Å². The third-order valence-electron chi connectivity index (χ3n) is 4.67. The maximum Gasteiger partial charge on any atom is 0.314 e. The van der Waals surface area contributed by atoms with Crippen LogP contribution in [0.4, 0.5) is 4.39 Å². The summed E-state index contributed by atoms with van der Waals surface area (Å²) in [4.78, 5) is 14.1. The summed E-state index contributed by atoms with van der Waals surface area (Å²) < 4.78 is 13.0. The molecule has 0 saturated carbocycles. The third kappa shape index (κ3) is 2.70. The van der Waals surface area contributed by atoms with Gasteiger partial charge in [-0.2, -0.15) is 0 Å². The van der Waals surface area contributed by atoms with Gasteiger partial charge in [0, 0.05) is 6.04 Å². The lowest BCUT2D eigenvalue weighted by Crippen LogP contribution is -2.49. The summed E-state index contributed by atoms with van der Waals surface area (Å²) in [6.07, 6.45) is 2.23. The first-order valence-corrected chi connectivity index (χ1v) is 7.23. The van der Waals surface area contributed by atoms with Crippen LogP contribution in [0.15, 0.2) is 24.3 Å². The zero-order valence-electron chi connectivity index (χ0n) is 12.1. The van der Waals surface area contributed by atoms with Crippen molar-refractivity contribution in [2.45, 2.75) is 44.6 Å². The lowest BCUT2D eigenvalue weighted by molar-refractivity contribution is -0.146. The van der Waals surface area contributed by atoms with Gasteiger partial charge in [0.1, 0.15) is 5.82 Å². The van der Waals surface area contributed by atoms with E-state index in [0.29, 0.717) is 18.9 Å². The Morgan fingerprint density at radius 2 is 1.90 bits per heavy atom. The Morgan fingerprint density at radius 3 is 2.35 bits per heavy atom. The minimum atomic E-state index is -0.863. The van der Waals surface area contributed by atoms with Gasteiger partial charge in [0.25, 0.3) is 0 Å². The van der Waals surface area contributed by atoms with E-state index in [2.05, 4.69) is 18.7 Å². The maximum absolute atomic E-state index is 13.0. The fraction of sp³-hybridized carbons (Fsp3) is 0.562. The summed E-state index contributed by atoms with van der Waals surface area (Å²) in [6.45, 7) is 5.87. The largest absolute Gasteiger partial charge is 0.481 e. The van der Waals surface area contributed by atoms with Crippen LogP contribution < -0.4 is 0 Å². The fourth-order valence-electron chi connectivity index (χ4n) is 3.00. The van der Waals surface area contributed by atoms with Crippen LogP contribution in [0.1, 0.15) is 38.7 Å². The van der Waals surface area contributed by atoms with Crippen LogP contribution in [0.3, 0.4) is 0 Å². The van der Waals surface area contributed by atoms with Crippen molar-refractivity contribution in [3.05, 3.63) is 35.6 Å². The predicted molar refractivity (Wildman–Crippen MR) is 76.3 cm³/mol. The molecule has 1 saturated heterocycles. The van der Waals surface area contributed by atoms with Gasteiger partial charge in [-0.1, -0.05) is 19.1 Å². The van der Waals surface area contributed by atoms with E-state index in [0.717, 1.165) is 25.1 Å². The van der Waals surface area contributed by atoms with E-state index in [1.807, 2.05) is 0 Å². The molecule has 1 atom stereocenters. The molecule has 0 radical (unpaired) electrons. The van der Waals surface area contributed by atoms with Crippen LogP contribution in [0, 0.1) is 5.82 Å². The van der Waals surface area contributed by atoms with E-state index >= 15 is 0 Å². The smallest absolute Gasteiger partial charge is 0.314 e. The minimum absolute atomic E-state index is 0.327. The number of hydrogen-bond donors (Lipinski definition) is 1. The SMILES string of the molecule is CCC(C)N1CCC(C(=O)O)(c2ccc(F)cc2)CC1. The molecule has 1 aliphatic rings. The zero-order chi connectivity index (χ0) is 14.8. The number of benzene rings is 1. The quantitative estimate of drug-likeness (QED) is 0.921. The van der Waals surface area contributed by atoms with E-state index in [1.54, 1.807) is 12.1 Å². The number of rotatable bonds is 4. The number of likely N-dealkylation sites (tertiary alicyclic amines) is 1. The van der Waals surface area contributed by atoms with Gasteiger partial charge in [-0.15, -0.1) is 0 Å². The van der Waals surface area contributed by atoms with Crippen molar-refractivity contribution in [1.82, 2.24) is 4.90 Å². The number of hydrogen-bond acceptors (Lipinski definition) is 2. The van der Waals surface area contributed by atoms with Crippen molar-refractivity contribution in [2.75, 3.05) is 13.1 Å². The van der Waals surface area contributed by atoms with Crippen molar-refractivity contribution in [3.8, 4) is 0 Å². The lowest BCUT2D eigenvalue weighted by atomic mass is 9.72. The molecule has 0 bridgehead atoms. The number of piperidine rings is 1. The van der Waals surface area contributed by atoms with Crippen molar-refractivity contribution < 1.29 is 14.3 Å². The highest BCUT2D eigenvalue weighted by Gasteiger charge is 2.43. The summed E-state index contributed by atoms with van der Waals surface area (Å²) in [5.41, 5.74) is -0.146. The maximum atomic E-state index is 13.0. The van der Waals surface area contributed by atoms with Crippen molar-refractivity contribution in [3.63, 3.8) is 0 Å². The lowest BCUT2D eigenvalue weighted by Gasteiger charge is -2.41. The molecular formula is C16H22FNO2. The number of carboxylic acid groups (broad SMARTS) is 1. The summed E-state index contributed by atoms with van der Waals surface area (Å²) in [7, 11) is 0. The van der Waals surface area contributed by atoms with Crippen LogP contribution in [0.25, 0.3) is 0 Å². The Morgan fingerprint density at radius 1 is 1.35 bits per heavy atom. The van der Waals surface area contributed by atoms with Crippen LogP contribution in [0.5, 0.6) is 0 Å². The highest BCUT2D eigenvalue weighted by atomic mass is 19.1. The van der Waals surface area contributed by atoms with E-state index in [1.165, 1.54) is 12.1 Å². The van der Waals surface area contributed by atoms with Crippen molar-refractivity contribution in [2.24, 2.45) is 0 Å². The van der Waals surface area contributed by atoms with Gasteiger partial charge in [-0.05, 0) is 57.0 Å². The molecule has 0 aliphatic carbocycles. The molecular weight excluding hydrogens is 257 g/mol. The minimum Gasteiger partial charge on any atom is -0.481 e. The summed E-state index contributed by atoms with van der Waals surface area (Å²) in [5.74, 6) is -1.13. The molecule has 2 rings (SSSR count). The molecule has 1 N–H and O–H groups in total. The van der Waals surface area contributed by atoms with Gasteiger partial charge in [-0.3, -0.25) is 4.79 Å². The first-order valence-electron chi connectivity index (χ1n) is 7.23. The molecule has 1 aliphatic heterocycles. The summed E-state index contributed by atoms with van der Waals surface area (Å²) >= 11 is 0. The van der Waals surface area contributed by atoms with Crippen LogP contribution in [-0.4, -0.2) is 35.1 Å². The molecule has 4 heteroatoms. The molecule has 1 unspecified atom stereocenters. The van der Waals surface area contributed by atoms with Gasteiger partial charge in [0.15, 0.2) is 0 Å². The first kappa shape index (κ1) is 15.0. The highest BCUT2D eigenvalue weighted by molar-refractivity contribution is 5.81. The Labute approximate surface area is 119 Å². The number of nitrogens with zero attached hydrogens (tertiary/aromatic N) is 1. The van der Waals surface area contributed by atoms with Crippen LogP contribution in [0.2, 0.25) is 0 Å². The number of carbonyl (C=O) groups is 1. The van der Waals surface area contributed by atoms with E-state index in [4.69, 9.17) is 0 Å². The van der Waals surface area contributed by atoms with Gasteiger partial charge < -0.3 is 10.0 Å². The molecule has 0 spiro atoms. The second-order valence-corrected chi connectivity index (χ2v) is 5.69. The predicted octanol–water partition coefficient (Wildman–Crippen LogP) is 3.04. The second kappa shape index (κ2) is 5.92. The van der Waals surface area contributed by atoms with E-state index < -0.39 is 11.4 Å². The fourth-order valence-corrected chi connectivity index (χ4v) is 3.00. The number of carboxylic acids is 1. The van der Waals surface area contributed by atoms with Gasteiger partial charge in [-0.25, -0.2) is 4.39 Å². The number of aliphatic carboxylic acids is 1. The molecule has 0 aromatic heterocycles. The highest BCUT2D eigenvalue weighted by Crippen LogP contribution is 2.36. The van der Waals surface area contributed by atoms with E-state index in [9.17, 15) is 14.3 Å². The molecule has 1 aromatic rings. The van der Waals surface area contributed by atoms with Crippen molar-refractivity contribution in [1.29, 1.82) is 0 Å². The van der Waals surface area contributed by atoms with Crippen LogP contribution in [-0.2, 0) is 10.2 Å².